The number of carbonyl (C=O) groups excluding carboxylic acids is 1. The van der Waals surface area contributed by atoms with E-state index in [1.54, 1.807) is 43.0 Å². The normalized spacial score (nSPS) is 15.4. The lowest BCUT2D eigenvalue weighted by Crippen LogP contribution is -2.24. The van der Waals surface area contributed by atoms with Crippen molar-refractivity contribution in [3.05, 3.63) is 75.3 Å². The summed E-state index contributed by atoms with van der Waals surface area (Å²) in [6, 6.07) is 5.13. The van der Waals surface area contributed by atoms with Gasteiger partial charge < -0.3 is 9.84 Å². The monoisotopic (exact) mass is 426 g/mol. The molecule has 1 atom stereocenters. The van der Waals surface area contributed by atoms with Gasteiger partial charge in [-0.1, -0.05) is 22.8 Å². The molecule has 0 aromatic carbocycles. The lowest BCUT2D eigenvalue weighted by Gasteiger charge is -2.08. The molecule has 2 N–H and O–H groups in total. The molecule has 30 heavy (non-hydrogen) atoms. The van der Waals surface area contributed by atoms with Crippen LogP contribution in [0.3, 0.4) is 0 Å². The zero-order chi connectivity index (χ0) is 20.9. The number of halogens is 1. The zero-order valence-corrected chi connectivity index (χ0v) is 16.7. The molecular weight excluding hydrogens is 408 g/mol. The molecule has 4 rings (SSSR count). The summed E-state index contributed by atoms with van der Waals surface area (Å²) in [5.74, 6) is 0.825. The Morgan fingerprint density at radius 1 is 1.40 bits per heavy atom. The lowest BCUT2D eigenvalue weighted by molar-refractivity contribution is -0.121. The van der Waals surface area contributed by atoms with Crippen LogP contribution in [0.15, 0.2) is 57.2 Å². The van der Waals surface area contributed by atoms with E-state index in [0.717, 1.165) is 12.0 Å². The van der Waals surface area contributed by atoms with E-state index in [-0.39, 0.29) is 29.0 Å². The Hall–Kier alpha value is -3.46. The Labute approximate surface area is 176 Å². The Bertz CT molecular complexity index is 1160. The van der Waals surface area contributed by atoms with Gasteiger partial charge in [0.15, 0.2) is 11.0 Å². The molecule has 9 nitrogen and oxygen atoms in total. The van der Waals surface area contributed by atoms with Gasteiger partial charge in [0, 0.05) is 61.7 Å². The molecule has 4 heterocycles. The van der Waals surface area contributed by atoms with Crippen molar-refractivity contribution in [2.45, 2.75) is 31.7 Å². The second-order valence-electron chi connectivity index (χ2n) is 6.81. The van der Waals surface area contributed by atoms with Gasteiger partial charge in [0.2, 0.25) is 5.91 Å². The summed E-state index contributed by atoms with van der Waals surface area (Å²) in [4.78, 5) is 33.2. The molecule has 0 spiro atoms. The van der Waals surface area contributed by atoms with E-state index < -0.39 is 0 Å². The number of nitrogens with one attached hydrogen (secondary N) is 2. The number of hydrogen-bond acceptors (Lipinski definition) is 6. The van der Waals surface area contributed by atoms with Crippen molar-refractivity contribution >= 4 is 23.7 Å². The van der Waals surface area contributed by atoms with Crippen LogP contribution in [0, 0.1) is 0 Å². The van der Waals surface area contributed by atoms with Gasteiger partial charge in [-0.2, -0.15) is 0 Å². The predicted molar refractivity (Wildman–Crippen MR) is 111 cm³/mol. The molecule has 0 radical (unpaired) electrons. The predicted octanol–water partition coefficient (Wildman–Crippen LogP) is 2.52. The highest BCUT2D eigenvalue weighted by molar-refractivity contribution is 6.29. The number of carbonyl (C=O) groups is 1. The SMILES string of the molecule is O=C(CCc1cc(Cl)no1)NCc1ccnc(-n2[nH]cc(C3C=NC=CC3)c2=O)c1. The zero-order valence-electron chi connectivity index (χ0n) is 15.9. The number of nitrogens with zero attached hydrogens (tertiary/aromatic N) is 4. The molecular formula is C20H19ClN6O3. The maximum absolute atomic E-state index is 12.8. The first-order valence-corrected chi connectivity index (χ1v) is 9.79. The molecule has 1 aliphatic rings. The summed E-state index contributed by atoms with van der Waals surface area (Å²) in [6.45, 7) is 0.313. The number of aromatic amines is 1. The van der Waals surface area contributed by atoms with Crippen LogP contribution in [0.1, 0.15) is 35.6 Å². The number of pyridine rings is 1. The summed E-state index contributed by atoms with van der Waals surface area (Å²) in [6.07, 6.45) is 10.1. The number of H-pyrrole nitrogens is 1. The van der Waals surface area contributed by atoms with E-state index in [9.17, 15) is 9.59 Å². The van der Waals surface area contributed by atoms with Crippen molar-refractivity contribution in [2.24, 2.45) is 4.99 Å². The Morgan fingerprint density at radius 2 is 2.30 bits per heavy atom. The number of allylic oxidation sites excluding steroid dienone is 1. The largest absolute Gasteiger partial charge is 0.360 e. The van der Waals surface area contributed by atoms with Gasteiger partial charge in [-0.05, 0) is 24.1 Å². The van der Waals surface area contributed by atoms with E-state index in [2.05, 4.69) is 25.5 Å². The number of rotatable bonds is 7. The minimum atomic E-state index is -0.166. The van der Waals surface area contributed by atoms with Crippen molar-refractivity contribution in [1.29, 1.82) is 0 Å². The molecule has 10 heteroatoms. The maximum Gasteiger partial charge on any atom is 0.276 e. The fourth-order valence-corrected chi connectivity index (χ4v) is 3.29. The first kappa shape index (κ1) is 19.8. The highest BCUT2D eigenvalue weighted by Crippen LogP contribution is 2.18. The second kappa shape index (κ2) is 8.91. The Morgan fingerprint density at radius 3 is 3.07 bits per heavy atom. The van der Waals surface area contributed by atoms with Gasteiger partial charge in [-0.15, -0.1) is 0 Å². The lowest BCUT2D eigenvalue weighted by atomic mass is 9.99. The van der Waals surface area contributed by atoms with Gasteiger partial charge in [-0.3, -0.25) is 19.7 Å². The number of aromatic nitrogens is 4. The summed E-state index contributed by atoms with van der Waals surface area (Å²) in [5, 5.41) is 9.65. The minimum Gasteiger partial charge on any atom is -0.360 e. The van der Waals surface area contributed by atoms with Crippen LogP contribution in [0.4, 0.5) is 0 Å². The van der Waals surface area contributed by atoms with Crippen LogP contribution in [0.2, 0.25) is 5.15 Å². The minimum absolute atomic E-state index is 0.0540. The second-order valence-corrected chi connectivity index (χ2v) is 7.20. The van der Waals surface area contributed by atoms with Crippen LogP contribution in [0.25, 0.3) is 5.82 Å². The number of amides is 1. The molecule has 1 aliphatic heterocycles. The number of aliphatic imine (C=N–C) groups is 1. The quantitative estimate of drug-likeness (QED) is 0.601. The smallest absolute Gasteiger partial charge is 0.276 e. The molecule has 1 unspecified atom stereocenters. The van der Waals surface area contributed by atoms with Crippen LogP contribution in [0.5, 0.6) is 0 Å². The number of hydrogen-bond donors (Lipinski definition) is 2. The maximum atomic E-state index is 12.8. The third kappa shape index (κ3) is 4.57. The van der Waals surface area contributed by atoms with Gasteiger partial charge in [0.25, 0.3) is 5.56 Å². The van der Waals surface area contributed by atoms with Gasteiger partial charge in [0.05, 0.1) is 0 Å². The van der Waals surface area contributed by atoms with Gasteiger partial charge in [-0.25, -0.2) is 9.67 Å². The molecule has 0 aliphatic carbocycles. The van der Waals surface area contributed by atoms with E-state index in [1.807, 2.05) is 6.08 Å². The molecule has 3 aromatic heterocycles. The van der Waals surface area contributed by atoms with Crippen LogP contribution >= 0.6 is 11.6 Å². The van der Waals surface area contributed by atoms with E-state index >= 15 is 0 Å². The van der Waals surface area contributed by atoms with Crippen molar-refractivity contribution in [2.75, 3.05) is 0 Å². The average molecular weight is 427 g/mol. The first-order chi connectivity index (χ1) is 14.6. The summed E-state index contributed by atoms with van der Waals surface area (Å²) in [5.41, 5.74) is 1.29. The standard InChI is InChI=1S/C20H19ClN6O3/c21-17-9-15(30-26-17)3-4-19(28)24-10-13-5-7-23-18(8-13)27-20(29)16(12-25-27)14-2-1-6-22-11-14/h1,5-9,11-12,14,25H,2-4,10H2,(H,24,28). The van der Waals surface area contributed by atoms with Crippen molar-refractivity contribution < 1.29 is 9.32 Å². The highest BCUT2D eigenvalue weighted by atomic mass is 35.5. The summed E-state index contributed by atoms with van der Waals surface area (Å²) >= 11 is 5.69. The average Bonchev–Trinajstić information content (AvgIpc) is 3.37. The Kier molecular flexibility index (Phi) is 5.89. The molecule has 0 saturated heterocycles. The van der Waals surface area contributed by atoms with Crippen LogP contribution in [-0.2, 0) is 17.8 Å². The fourth-order valence-electron chi connectivity index (χ4n) is 3.13. The van der Waals surface area contributed by atoms with E-state index in [0.29, 0.717) is 30.1 Å². The molecule has 0 bridgehead atoms. The summed E-state index contributed by atoms with van der Waals surface area (Å²) in [7, 11) is 0. The first-order valence-electron chi connectivity index (χ1n) is 9.42. The van der Waals surface area contributed by atoms with Gasteiger partial charge in [0.1, 0.15) is 5.76 Å². The van der Waals surface area contributed by atoms with Crippen molar-refractivity contribution in [1.82, 2.24) is 25.2 Å². The topological polar surface area (TPSA) is 118 Å². The van der Waals surface area contributed by atoms with Crippen LogP contribution < -0.4 is 10.9 Å². The van der Waals surface area contributed by atoms with Crippen molar-refractivity contribution in [3.8, 4) is 5.82 Å². The van der Waals surface area contributed by atoms with Crippen LogP contribution in [-0.4, -0.2) is 32.0 Å². The van der Waals surface area contributed by atoms with Gasteiger partial charge >= 0.3 is 0 Å². The molecule has 1 amide bonds. The van der Waals surface area contributed by atoms with E-state index in [4.69, 9.17) is 16.1 Å². The highest BCUT2D eigenvalue weighted by Gasteiger charge is 2.17. The molecule has 154 valence electrons. The molecule has 3 aromatic rings. The third-order valence-corrected chi connectivity index (χ3v) is 4.88. The Balaban J connectivity index is 1.39. The third-order valence-electron chi connectivity index (χ3n) is 4.70. The fraction of sp³-hybridized carbons (Fsp3) is 0.250. The number of aryl methyl sites for hydroxylation is 1. The van der Waals surface area contributed by atoms with Crippen molar-refractivity contribution in [3.63, 3.8) is 0 Å². The summed E-state index contributed by atoms with van der Waals surface area (Å²) < 4.78 is 6.37. The molecule has 0 fully saturated rings. The van der Waals surface area contributed by atoms with E-state index in [1.165, 1.54) is 4.68 Å². The molecule has 0 saturated carbocycles.